The summed E-state index contributed by atoms with van der Waals surface area (Å²) in [5.74, 6) is 1.43. The first-order valence-electron chi connectivity index (χ1n) is 6.86. The van der Waals surface area contributed by atoms with E-state index in [2.05, 4.69) is 24.4 Å². The summed E-state index contributed by atoms with van der Waals surface area (Å²) in [6.07, 6.45) is 0. The van der Waals surface area contributed by atoms with E-state index in [1.165, 1.54) is 5.56 Å². The van der Waals surface area contributed by atoms with E-state index in [1.54, 1.807) is 11.8 Å². The molecular weight excluding hydrogens is 272 g/mol. The molecule has 114 valence electrons. The average molecular weight is 298 g/mol. The lowest BCUT2D eigenvalue weighted by molar-refractivity contribution is 0.0574. The number of thioether (sulfide) groups is 1. The minimum atomic E-state index is -0.278. The van der Waals surface area contributed by atoms with Crippen molar-refractivity contribution in [2.24, 2.45) is 5.73 Å². The van der Waals surface area contributed by atoms with Gasteiger partial charge in [-0.25, -0.2) is 0 Å². The number of hydrogen-bond donors (Lipinski definition) is 2. The molecule has 5 heteroatoms. The summed E-state index contributed by atoms with van der Waals surface area (Å²) in [5.41, 5.74) is 6.68. The number of hydrogen-bond acceptors (Lipinski definition) is 5. The molecule has 0 saturated heterocycles. The van der Waals surface area contributed by atoms with Gasteiger partial charge in [0.1, 0.15) is 16.6 Å². The van der Waals surface area contributed by atoms with E-state index in [0.29, 0.717) is 25.1 Å². The van der Waals surface area contributed by atoms with Crippen LogP contribution in [0.2, 0.25) is 0 Å². The van der Waals surface area contributed by atoms with Crippen LogP contribution in [0.1, 0.15) is 32.4 Å². The maximum Gasteiger partial charge on any atom is 0.136 e. The predicted molar refractivity (Wildman–Crippen MR) is 86.1 cm³/mol. The van der Waals surface area contributed by atoms with Gasteiger partial charge in [0.2, 0.25) is 0 Å². The predicted octanol–water partition coefficient (Wildman–Crippen LogP) is 2.75. The normalized spacial score (nSPS) is 13.2. The molecule has 0 aliphatic rings. The number of nitrogens with two attached hydrogens (primary N) is 1. The van der Waals surface area contributed by atoms with Gasteiger partial charge in [-0.2, -0.15) is 0 Å². The molecule has 0 spiro atoms. The largest absolute Gasteiger partial charge is 0.483 e. The molecule has 0 radical (unpaired) electrons. The Bertz CT molecular complexity index is 382. The van der Waals surface area contributed by atoms with Gasteiger partial charge in [-0.05, 0) is 45.5 Å². The van der Waals surface area contributed by atoms with Gasteiger partial charge in [-0.15, -0.1) is 0 Å². The SMILES string of the molecule is CNC(C)c1ccc(OCSC(C)(C)OCCN)cc1. The second-order valence-electron chi connectivity index (χ2n) is 5.02. The first kappa shape index (κ1) is 17.3. The zero-order valence-electron chi connectivity index (χ0n) is 12.8. The molecule has 20 heavy (non-hydrogen) atoms. The monoisotopic (exact) mass is 298 g/mol. The molecule has 0 aliphatic heterocycles. The van der Waals surface area contributed by atoms with Crippen molar-refractivity contribution in [2.75, 3.05) is 26.1 Å². The molecule has 1 aromatic carbocycles. The lowest BCUT2D eigenvalue weighted by Crippen LogP contribution is -2.24. The number of benzene rings is 1. The van der Waals surface area contributed by atoms with Crippen LogP contribution in [0.3, 0.4) is 0 Å². The van der Waals surface area contributed by atoms with Gasteiger partial charge < -0.3 is 20.5 Å². The van der Waals surface area contributed by atoms with Gasteiger partial charge in [0.15, 0.2) is 0 Å². The van der Waals surface area contributed by atoms with Crippen LogP contribution < -0.4 is 15.8 Å². The van der Waals surface area contributed by atoms with Crippen LogP contribution in [0.15, 0.2) is 24.3 Å². The molecular formula is C15H26N2O2S. The molecule has 0 heterocycles. The van der Waals surface area contributed by atoms with Crippen LogP contribution in [0.5, 0.6) is 5.75 Å². The minimum absolute atomic E-state index is 0.278. The second kappa shape index (κ2) is 8.52. The first-order chi connectivity index (χ1) is 9.48. The minimum Gasteiger partial charge on any atom is -0.483 e. The van der Waals surface area contributed by atoms with Gasteiger partial charge in [-0.3, -0.25) is 0 Å². The van der Waals surface area contributed by atoms with E-state index >= 15 is 0 Å². The Kier molecular flexibility index (Phi) is 7.37. The summed E-state index contributed by atoms with van der Waals surface area (Å²) >= 11 is 1.62. The summed E-state index contributed by atoms with van der Waals surface area (Å²) in [5, 5.41) is 3.21. The third-order valence-electron chi connectivity index (χ3n) is 3.01. The van der Waals surface area contributed by atoms with Crippen LogP contribution in [0.4, 0.5) is 0 Å². The summed E-state index contributed by atoms with van der Waals surface area (Å²) in [6, 6.07) is 8.51. The number of rotatable bonds is 9. The van der Waals surface area contributed by atoms with E-state index in [9.17, 15) is 0 Å². The Hall–Kier alpha value is -0.750. The van der Waals surface area contributed by atoms with E-state index in [0.717, 1.165) is 5.75 Å². The van der Waals surface area contributed by atoms with Gasteiger partial charge >= 0.3 is 0 Å². The van der Waals surface area contributed by atoms with E-state index in [-0.39, 0.29) is 4.93 Å². The van der Waals surface area contributed by atoms with Gasteiger partial charge in [0, 0.05) is 12.6 Å². The van der Waals surface area contributed by atoms with E-state index in [1.807, 2.05) is 33.0 Å². The van der Waals surface area contributed by atoms with Crippen LogP contribution in [0, 0.1) is 0 Å². The molecule has 0 fully saturated rings. The Balaban J connectivity index is 2.38. The summed E-state index contributed by atoms with van der Waals surface area (Å²) < 4.78 is 11.4. The highest BCUT2D eigenvalue weighted by molar-refractivity contribution is 8.00. The number of ether oxygens (including phenoxy) is 2. The van der Waals surface area contributed by atoms with Crippen LogP contribution in [0.25, 0.3) is 0 Å². The molecule has 0 amide bonds. The topological polar surface area (TPSA) is 56.5 Å². The molecule has 1 rings (SSSR count). The third-order valence-corrected chi connectivity index (χ3v) is 4.06. The molecule has 0 aliphatic carbocycles. The zero-order chi connectivity index (χ0) is 15.0. The summed E-state index contributed by atoms with van der Waals surface area (Å²) in [6.45, 7) is 7.28. The fraction of sp³-hybridized carbons (Fsp3) is 0.600. The van der Waals surface area contributed by atoms with Gasteiger partial charge in [-0.1, -0.05) is 23.9 Å². The summed E-state index contributed by atoms with van der Waals surface area (Å²) in [4.78, 5) is -0.278. The van der Waals surface area contributed by atoms with Crippen molar-refractivity contribution in [1.29, 1.82) is 0 Å². The van der Waals surface area contributed by atoms with E-state index in [4.69, 9.17) is 15.2 Å². The number of nitrogens with one attached hydrogen (secondary N) is 1. The highest BCUT2D eigenvalue weighted by Crippen LogP contribution is 2.26. The van der Waals surface area contributed by atoms with Crippen LogP contribution in [-0.2, 0) is 4.74 Å². The van der Waals surface area contributed by atoms with Crippen LogP contribution in [-0.4, -0.2) is 31.1 Å². The average Bonchev–Trinajstić information content (AvgIpc) is 2.45. The van der Waals surface area contributed by atoms with Crippen molar-refractivity contribution in [1.82, 2.24) is 5.32 Å². The van der Waals surface area contributed by atoms with Crippen molar-refractivity contribution in [2.45, 2.75) is 31.7 Å². The molecule has 1 atom stereocenters. The fourth-order valence-electron chi connectivity index (χ4n) is 1.61. The fourth-order valence-corrected chi connectivity index (χ4v) is 2.25. The summed E-state index contributed by atoms with van der Waals surface area (Å²) in [7, 11) is 1.95. The standard InChI is InChI=1S/C15H26N2O2S/c1-12(17-4)13-5-7-14(8-6-13)18-11-20-15(2,3)19-10-9-16/h5-8,12,17H,9-11,16H2,1-4H3. The van der Waals surface area contributed by atoms with Crippen molar-refractivity contribution in [3.05, 3.63) is 29.8 Å². The van der Waals surface area contributed by atoms with Crippen molar-refractivity contribution < 1.29 is 9.47 Å². The molecule has 1 aromatic rings. The lowest BCUT2D eigenvalue weighted by Gasteiger charge is -2.24. The molecule has 0 saturated carbocycles. The smallest absolute Gasteiger partial charge is 0.136 e. The quantitative estimate of drug-likeness (QED) is 0.687. The van der Waals surface area contributed by atoms with Gasteiger partial charge in [0.25, 0.3) is 0 Å². The Morgan fingerprint density at radius 2 is 1.95 bits per heavy atom. The molecule has 1 unspecified atom stereocenters. The molecule has 3 N–H and O–H groups in total. The van der Waals surface area contributed by atoms with Crippen molar-refractivity contribution in [3.8, 4) is 5.75 Å². The Morgan fingerprint density at radius 1 is 1.30 bits per heavy atom. The molecule has 4 nitrogen and oxygen atoms in total. The highest BCUT2D eigenvalue weighted by atomic mass is 32.2. The highest BCUT2D eigenvalue weighted by Gasteiger charge is 2.18. The molecule has 0 bridgehead atoms. The maximum absolute atomic E-state index is 5.72. The van der Waals surface area contributed by atoms with Crippen molar-refractivity contribution >= 4 is 11.8 Å². The lowest BCUT2D eigenvalue weighted by atomic mass is 10.1. The molecule has 0 aromatic heterocycles. The van der Waals surface area contributed by atoms with Gasteiger partial charge in [0.05, 0.1) is 6.61 Å². The zero-order valence-corrected chi connectivity index (χ0v) is 13.6. The second-order valence-corrected chi connectivity index (χ2v) is 6.53. The van der Waals surface area contributed by atoms with E-state index < -0.39 is 0 Å². The van der Waals surface area contributed by atoms with Crippen molar-refractivity contribution in [3.63, 3.8) is 0 Å². The Morgan fingerprint density at radius 3 is 2.50 bits per heavy atom. The Labute approximate surface area is 126 Å². The van der Waals surface area contributed by atoms with Crippen LogP contribution >= 0.6 is 11.8 Å². The third kappa shape index (κ3) is 6.13. The first-order valence-corrected chi connectivity index (χ1v) is 7.85. The maximum atomic E-state index is 5.72.